The number of para-hydroxylation sites is 2. The van der Waals surface area contributed by atoms with Gasteiger partial charge in [0, 0.05) is 11.3 Å². The summed E-state index contributed by atoms with van der Waals surface area (Å²) in [7, 11) is 3.07. The quantitative estimate of drug-likeness (QED) is 0.304. The molecule has 1 N–H and O–H groups in total. The second-order valence-corrected chi connectivity index (χ2v) is 8.37. The van der Waals surface area contributed by atoms with Gasteiger partial charge in [-0.05, 0) is 42.5 Å². The van der Waals surface area contributed by atoms with Crippen LogP contribution >= 0.6 is 11.8 Å². The summed E-state index contributed by atoms with van der Waals surface area (Å²) in [6.45, 7) is 0. The van der Waals surface area contributed by atoms with E-state index in [0.717, 1.165) is 23.5 Å². The molecule has 3 aromatic carbocycles. The third-order valence-corrected chi connectivity index (χ3v) is 6.06. The van der Waals surface area contributed by atoms with Gasteiger partial charge < -0.3 is 14.8 Å². The second kappa shape index (κ2) is 10.7. The number of benzene rings is 3. The highest BCUT2D eigenvalue weighted by Crippen LogP contribution is 2.36. The van der Waals surface area contributed by atoms with Crippen molar-refractivity contribution in [2.75, 3.05) is 25.3 Å². The molecule has 1 amide bonds. The maximum Gasteiger partial charge on any atom is 0.418 e. The largest absolute Gasteiger partial charge is 0.493 e. The lowest BCUT2D eigenvalue weighted by molar-refractivity contribution is -0.137. The van der Waals surface area contributed by atoms with Gasteiger partial charge in [0.2, 0.25) is 5.91 Å². The van der Waals surface area contributed by atoms with Crippen molar-refractivity contribution in [2.45, 2.75) is 11.3 Å². The number of carbonyl (C=O) groups excluding carboxylic acids is 1. The number of rotatable bonds is 8. The first-order valence-electron chi connectivity index (χ1n) is 10.6. The lowest BCUT2D eigenvalue weighted by Gasteiger charge is -2.14. The molecule has 4 rings (SSSR count). The lowest BCUT2D eigenvalue weighted by atomic mass is 10.1. The molecule has 4 aromatic rings. The normalized spacial score (nSPS) is 11.2. The van der Waals surface area contributed by atoms with Gasteiger partial charge in [0.25, 0.3) is 0 Å². The van der Waals surface area contributed by atoms with E-state index in [9.17, 15) is 18.0 Å². The Kier molecular flexibility index (Phi) is 7.49. The van der Waals surface area contributed by atoms with E-state index in [1.165, 1.54) is 32.4 Å². The molecule has 0 spiro atoms. The Labute approximate surface area is 209 Å². The monoisotopic (exact) mass is 514 g/mol. The first-order chi connectivity index (χ1) is 17.3. The Morgan fingerprint density at radius 2 is 1.64 bits per heavy atom. The van der Waals surface area contributed by atoms with Crippen LogP contribution in [0.5, 0.6) is 11.5 Å². The second-order valence-electron chi connectivity index (χ2n) is 7.43. The number of carbonyl (C=O) groups is 1. The van der Waals surface area contributed by atoms with Gasteiger partial charge in [-0.2, -0.15) is 13.2 Å². The summed E-state index contributed by atoms with van der Waals surface area (Å²) >= 11 is 1.06. The van der Waals surface area contributed by atoms with Crippen LogP contribution < -0.4 is 14.8 Å². The molecule has 1 heterocycles. The number of hydrogen-bond donors (Lipinski definition) is 1. The number of anilines is 1. The fourth-order valence-electron chi connectivity index (χ4n) is 3.49. The van der Waals surface area contributed by atoms with Crippen molar-refractivity contribution in [3.05, 3.63) is 78.4 Å². The topological polar surface area (TPSA) is 78.3 Å². The van der Waals surface area contributed by atoms with Crippen molar-refractivity contribution in [1.82, 2.24) is 14.8 Å². The zero-order valence-corrected chi connectivity index (χ0v) is 20.1. The first kappa shape index (κ1) is 25.1. The number of thioether (sulfide) groups is 1. The highest BCUT2D eigenvalue weighted by Gasteiger charge is 2.33. The summed E-state index contributed by atoms with van der Waals surface area (Å²) in [5.74, 6) is 0.773. The van der Waals surface area contributed by atoms with Crippen LogP contribution in [0.1, 0.15) is 5.56 Å². The minimum atomic E-state index is -4.58. The molecular weight excluding hydrogens is 493 g/mol. The standard InChI is InChI=1S/C25H21F3N4O3S/c1-34-20-13-12-16(14-21(20)35-2)23-30-31-24(32(23)17-8-4-3-5-9-17)36-15-22(33)29-19-11-7-6-10-18(19)25(26,27)28/h3-14H,15H2,1-2H3,(H,29,33). The molecule has 7 nitrogen and oxygen atoms in total. The number of amides is 1. The average Bonchev–Trinajstić information content (AvgIpc) is 3.31. The predicted octanol–water partition coefficient (Wildman–Crippen LogP) is 5.70. The van der Waals surface area contributed by atoms with Crippen molar-refractivity contribution in [2.24, 2.45) is 0 Å². The summed E-state index contributed by atoms with van der Waals surface area (Å²) in [5, 5.41) is 11.3. The molecule has 0 saturated carbocycles. The Morgan fingerprint density at radius 3 is 2.33 bits per heavy atom. The molecule has 11 heteroatoms. The number of methoxy groups -OCH3 is 2. The van der Waals surface area contributed by atoms with Gasteiger partial charge in [-0.25, -0.2) is 0 Å². The average molecular weight is 515 g/mol. The van der Waals surface area contributed by atoms with Crippen molar-refractivity contribution in [3.8, 4) is 28.6 Å². The van der Waals surface area contributed by atoms with E-state index in [-0.39, 0.29) is 11.4 Å². The summed E-state index contributed by atoms with van der Waals surface area (Å²) in [4.78, 5) is 12.6. The highest BCUT2D eigenvalue weighted by molar-refractivity contribution is 7.99. The van der Waals surface area contributed by atoms with Crippen molar-refractivity contribution in [3.63, 3.8) is 0 Å². The van der Waals surface area contributed by atoms with E-state index < -0.39 is 17.6 Å². The van der Waals surface area contributed by atoms with Crippen LogP contribution in [0.15, 0.2) is 78.0 Å². The zero-order chi connectivity index (χ0) is 25.7. The number of halogens is 3. The van der Waals surface area contributed by atoms with E-state index in [0.29, 0.717) is 28.0 Å². The Bertz CT molecular complexity index is 1360. The molecule has 0 aliphatic rings. The smallest absolute Gasteiger partial charge is 0.418 e. The van der Waals surface area contributed by atoms with Crippen LogP contribution in [-0.4, -0.2) is 40.6 Å². The van der Waals surface area contributed by atoms with Crippen LogP contribution in [0.2, 0.25) is 0 Å². The zero-order valence-electron chi connectivity index (χ0n) is 19.2. The molecule has 1 aromatic heterocycles. The lowest BCUT2D eigenvalue weighted by Crippen LogP contribution is -2.18. The third kappa shape index (κ3) is 5.46. The minimum absolute atomic E-state index is 0.177. The third-order valence-electron chi connectivity index (χ3n) is 5.13. The van der Waals surface area contributed by atoms with Crippen LogP contribution in [0.3, 0.4) is 0 Å². The highest BCUT2D eigenvalue weighted by atomic mass is 32.2. The van der Waals surface area contributed by atoms with Gasteiger partial charge in [-0.1, -0.05) is 42.1 Å². The van der Waals surface area contributed by atoms with Gasteiger partial charge in [0.05, 0.1) is 31.2 Å². The first-order valence-corrected chi connectivity index (χ1v) is 11.6. The van der Waals surface area contributed by atoms with E-state index in [4.69, 9.17) is 9.47 Å². The number of hydrogen-bond acceptors (Lipinski definition) is 6. The van der Waals surface area contributed by atoms with Crippen molar-refractivity contribution >= 4 is 23.4 Å². The van der Waals surface area contributed by atoms with Gasteiger partial charge in [-0.3, -0.25) is 9.36 Å². The van der Waals surface area contributed by atoms with E-state index >= 15 is 0 Å². The number of alkyl halides is 3. The summed E-state index contributed by atoms with van der Waals surface area (Å²) < 4.78 is 52.3. The Morgan fingerprint density at radius 1 is 0.944 bits per heavy atom. The molecule has 0 aliphatic carbocycles. The molecule has 0 atom stereocenters. The van der Waals surface area contributed by atoms with Gasteiger partial charge >= 0.3 is 6.18 Å². The number of nitrogens with zero attached hydrogens (tertiary/aromatic N) is 3. The molecular formula is C25H21F3N4O3S. The van der Waals surface area contributed by atoms with Crippen molar-refractivity contribution in [1.29, 1.82) is 0 Å². The van der Waals surface area contributed by atoms with Crippen LogP contribution in [-0.2, 0) is 11.0 Å². The van der Waals surface area contributed by atoms with E-state index in [1.807, 2.05) is 30.3 Å². The minimum Gasteiger partial charge on any atom is -0.493 e. The Balaban J connectivity index is 1.62. The van der Waals surface area contributed by atoms with Gasteiger partial charge in [-0.15, -0.1) is 10.2 Å². The number of nitrogens with one attached hydrogen (secondary N) is 1. The molecule has 0 saturated heterocycles. The van der Waals surface area contributed by atoms with Gasteiger partial charge in [0.1, 0.15) is 0 Å². The molecule has 0 bridgehead atoms. The molecule has 0 radical (unpaired) electrons. The summed E-state index contributed by atoms with van der Waals surface area (Å²) in [6.07, 6.45) is -4.58. The Hall–Kier alpha value is -3.99. The molecule has 0 aliphatic heterocycles. The fourth-order valence-corrected chi connectivity index (χ4v) is 4.24. The number of ether oxygens (including phenoxy) is 2. The van der Waals surface area contributed by atoms with E-state index in [1.54, 1.807) is 22.8 Å². The summed E-state index contributed by atoms with van der Waals surface area (Å²) in [5.41, 5.74) is 0.231. The fraction of sp³-hybridized carbons (Fsp3) is 0.160. The SMILES string of the molecule is COc1ccc(-c2nnc(SCC(=O)Nc3ccccc3C(F)(F)F)n2-c2ccccc2)cc1OC. The van der Waals surface area contributed by atoms with Crippen LogP contribution in [0.4, 0.5) is 18.9 Å². The van der Waals surface area contributed by atoms with Crippen molar-refractivity contribution < 1.29 is 27.4 Å². The molecule has 186 valence electrons. The molecule has 0 unspecified atom stereocenters. The maximum absolute atomic E-state index is 13.3. The van der Waals surface area contributed by atoms with Crippen LogP contribution in [0.25, 0.3) is 17.1 Å². The maximum atomic E-state index is 13.3. The summed E-state index contributed by atoms with van der Waals surface area (Å²) in [6, 6.07) is 19.4. The predicted molar refractivity (Wildman–Crippen MR) is 131 cm³/mol. The molecule has 36 heavy (non-hydrogen) atoms. The van der Waals surface area contributed by atoms with E-state index in [2.05, 4.69) is 15.5 Å². The number of aromatic nitrogens is 3. The molecule has 0 fully saturated rings. The van der Waals surface area contributed by atoms with Gasteiger partial charge in [0.15, 0.2) is 22.5 Å². The van der Waals surface area contributed by atoms with Crippen LogP contribution in [0, 0.1) is 0 Å².